The van der Waals surface area contributed by atoms with Gasteiger partial charge < -0.3 is 19.5 Å². The Kier molecular flexibility index (Phi) is 5.49. The average Bonchev–Trinajstić information content (AvgIpc) is 2.52. The van der Waals surface area contributed by atoms with Crippen molar-refractivity contribution in [3.63, 3.8) is 0 Å². The number of benzene rings is 2. The molecule has 1 N–H and O–H groups in total. The van der Waals surface area contributed by atoms with Gasteiger partial charge in [0.1, 0.15) is 0 Å². The van der Waals surface area contributed by atoms with Crippen LogP contribution in [0.5, 0.6) is 17.2 Å². The van der Waals surface area contributed by atoms with Crippen molar-refractivity contribution in [1.29, 1.82) is 0 Å². The van der Waals surface area contributed by atoms with Gasteiger partial charge >= 0.3 is 0 Å². The second kappa shape index (κ2) is 7.56. The molecule has 0 unspecified atom stereocenters. The van der Waals surface area contributed by atoms with Crippen LogP contribution in [0, 0.1) is 0 Å². The summed E-state index contributed by atoms with van der Waals surface area (Å²) in [5, 5.41) is 3.25. The largest absolute Gasteiger partial charge is 0.493 e. The summed E-state index contributed by atoms with van der Waals surface area (Å²) in [5.41, 5.74) is 0.610. The number of ether oxygens (including phenoxy) is 3. The Balaban J connectivity index is 1.99. The van der Waals surface area contributed by atoms with Gasteiger partial charge in [0.15, 0.2) is 18.1 Å². The van der Waals surface area contributed by atoms with Gasteiger partial charge in [-0.2, -0.15) is 0 Å². The van der Waals surface area contributed by atoms with Crippen molar-refractivity contribution in [2.75, 3.05) is 26.1 Å². The van der Waals surface area contributed by atoms with Crippen molar-refractivity contribution in [2.45, 2.75) is 0 Å². The van der Waals surface area contributed by atoms with Crippen LogP contribution < -0.4 is 19.5 Å². The molecule has 2 aromatic carbocycles. The third kappa shape index (κ3) is 4.05. The van der Waals surface area contributed by atoms with Gasteiger partial charge in [-0.1, -0.05) is 23.7 Å². The van der Waals surface area contributed by atoms with Crippen LogP contribution in [0.4, 0.5) is 5.69 Å². The Bertz CT molecular complexity index is 660. The average molecular weight is 322 g/mol. The molecule has 1 amide bonds. The zero-order valence-corrected chi connectivity index (χ0v) is 13.0. The van der Waals surface area contributed by atoms with E-state index < -0.39 is 0 Å². The number of carbonyl (C=O) groups excluding carboxylic acids is 1. The van der Waals surface area contributed by atoms with Crippen molar-refractivity contribution in [3.05, 3.63) is 47.5 Å². The lowest BCUT2D eigenvalue weighted by Crippen LogP contribution is -2.20. The molecule has 0 atom stereocenters. The summed E-state index contributed by atoms with van der Waals surface area (Å²) in [7, 11) is 3.05. The normalized spacial score (nSPS) is 9.95. The van der Waals surface area contributed by atoms with Crippen LogP contribution in [0.25, 0.3) is 0 Å². The zero-order valence-electron chi connectivity index (χ0n) is 12.3. The predicted molar refractivity (Wildman–Crippen MR) is 85.1 cm³/mol. The highest BCUT2D eigenvalue weighted by Crippen LogP contribution is 2.36. The summed E-state index contributed by atoms with van der Waals surface area (Å²) in [6.45, 7) is -0.157. The van der Waals surface area contributed by atoms with Crippen LogP contribution in [-0.2, 0) is 4.79 Å². The molecular formula is C16H16ClNO4. The first-order valence-electron chi connectivity index (χ1n) is 6.53. The van der Waals surface area contributed by atoms with Crippen LogP contribution in [0.15, 0.2) is 42.5 Å². The molecule has 0 aliphatic carbocycles. The number of anilines is 1. The maximum atomic E-state index is 11.9. The summed E-state index contributed by atoms with van der Waals surface area (Å²) in [6.07, 6.45) is 0. The Labute approximate surface area is 133 Å². The third-order valence-electron chi connectivity index (χ3n) is 2.83. The summed E-state index contributed by atoms with van der Waals surface area (Å²) in [4.78, 5) is 11.9. The van der Waals surface area contributed by atoms with Gasteiger partial charge in [-0.05, 0) is 30.3 Å². The van der Waals surface area contributed by atoms with Crippen LogP contribution >= 0.6 is 11.6 Å². The van der Waals surface area contributed by atoms with Crippen molar-refractivity contribution < 1.29 is 19.0 Å². The summed E-state index contributed by atoms with van der Waals surface area (Å²) >= 11 is 5.86. The molecule has 2 rings (SSSR count). The van der Waals surface area contributed by atoms with E-state index in [2.05, 4.69) is 5.32 Å². The molecule has 0 spiro atoms. The van der Waals surface area contributed by atoms with E-state index in [0.717, 1.165) is 0 Å². The summed E-state index contributed by atoms with van der Waals surface area (Å²) in [5.74, 6) is 1.12. The molecule has 0 saturated heterocycles. The molecule has 116 valence electrons. The molecular weight excluding hydrogens is 306 g/mol. The monoisotopic (exact) mass is 321 g/mol. The van der Waals surface area contributed by atoms with Gasteiger partial charge in [-0.25, -0.2) is 0 Å². The molecule has 0 aliphatic heterocycles. The molecule has 0 bridgehead atoms. The van der Waals surface area contributed by atoms with Gasteiger partial charge in [0.25, 0.3) is 5.91 Å². The number of hydrogen-bond donors (Lipinski definition) is 1. The zero-order chi connectivity index (χ0) is 15.9. The van der Waals surface area contributed by atoms with Crippen molar-refractivity contribution >= 4 is 23.2 Å². The van der Waals surface area contributed by atoms with Crippen LogP contribution in [0.1, 0.15) is 0 Å². The molecule has 0 aromatic heterocycles. The Morgan fingerprint density at radius 2 is 1.82 bits per heavy atom. The van der Waals surface area contributed by atoms with Gasteiger partial charge in [0.2, 0.25) is 5.75 Å². The van der Waals surface area contributed by atoms with Gasteiger partial charge in [-0.3, -0.25) is 4.79 Å². The smallest absolute Gasteiger partial charge is 0.262 e. The molecule has 0 saturated carbocycles. The van der Waals surface area contributed by atoms with Gasteiger partial charge in [0, 0.05) is 10.7 Å². The number of carbonyl (C=O) groups is 1. The Hall–Kier alpha value is -2.40. The van der Waals surface area contributed by atoms with E-state index in [4.69, 9.17) is 25.8 Å². The molecule has 0 fully saturated rings. The van der Waals surface area contributed by atoms with E-state index >= 15 is 0 Å². The highest BCUT2D eigenvalue weighted by Gasteiger charge is 2.12. The maximum Gasteiger partial charge on any atom is 0.262 e. The lowest BCUT2D eigenvalue weighted by atomic mass is 10.3. The van der Waals surface area contributed by atoms with E-state index in [1.807, 2.05) is 0 Å². The molecule has 22 heavy (non-hydrogen) atoms. The Morgan fingerprint density at radius 3 is 2.50 bits per heavy atom. The van der Waals surface area contributed by atoms with Crippen LogP contribution in [-0.4, -0.2) is 26.7 Å². The van der Waals surface area contributed by atoms with E-state index in [-0.39, 0.29) is 12.5 Å². The fourth-order valence-corrected chi connectivity index (χ4v) is 2.07. The molecule has 0 radical (unpaired) electrons. The molecule has 5 nitrogen and oxygen atoms in total. The number of hydrogen-bond acceptors (Lipinski definition) is 4. The van der Waals surface area contributed by atoms with Crippen LogP contribution in [0.2, 0.25) is 5.02 Å². The van der Waals surface area contributed by atoms with Crippen LogP contribution in [0.3, 0.4) is 0 Å². The standard InChI is InChI=1S/C16H16ClNO4/c1-20-13-7-4-8-14(16(13)21-2)22-10-15(19)18-12-6-3-5-11(17)9-12/h3-9H,10H2,1-2H3,(H,18,19). The lowest BCUT2D eigenvalue weighted by molar-refractivity contribution is -0.118. The predicted octanol–water partition coefficient (Wildman–Crippen LogP) is 3.37. The van der Waals surface area contributed by atoms with Crippen molar-refractivity contribution in [3.8, 4) is 17.2 Å². The van der Waals surface area contributed by atoms with Crippen molar-refractivity contribution in [2.24, 2.45) is 0 Å². The minimum absolute atomic E-state index is 0.157. The number of rotatable bonds is 6. The number of nitrogens with one attached hydrogen (secondary N) is 1. The first-order chi connectivity index (χ1) is 10.6. The number of halogens is 1. The van der Waals surface area contributed by atoms with E-state index in [0.29, 0.717) is 28.0 Å². The summed E-state index contributed by atoms with van der Waals surface area (Å²) in [6, 6.07) is 12.1. The Morgan fingerprint density at radius 1 is 1.09 bits per heavy atom. The molecule has 2 aromatic rings. The second-order valence-electron chi connectivity index (χ2n) is 4.34. The fraction of sp³-hybridized carbons (Fsp3) is 0.188. The lowest BCUT2D eigenvalue weighted by Gasteiger charge is -2.13. The number of methoxy groups -OCH3 is 2. The SMILES string of the molecule is COc1cccc(OCC(=O)Nc2cccc(Cl)c2)c1OC. The fourth-order valence-electron chi connectivity index (χ4n) is 1.88. The van der Waals surface area contributed by atoms with E-state index in [1.54, 1.807) is 42.5 Å². The van der Waals surface area contributed by atoms with Crippen molar-refractivity contribution in [1.82, 2.24) is 0 Å². The van der Waals surface area contributed by atoms with E-state index in [9.17, 15) is 4.79 Å². The third-order valence-corrected chi connectivity index (χ3v) is 3.07. The minimum atomic E-state index is -0.299. The number of amides is 1. The molecule has 0 aliphatic rings. The first kappa shape index (κ1) is 16.0. The second-order valence-corrected chi connectivity index (χ2v) is 4.78. The number of para-hydroxylation sites is 1. The highest BCUT2D eigenvalue weighted by molar-refractivity contribution is 6.30. The quantitative estimate of drug-likeness (QED) is 0.886. The maximum absolute atomic E-state index is 11.9. The molecule has 0 heterocycles. The van der Waals surface area contributed by atoms with Gasteiger partial charge in [0.05, 0.1) is 14.2 Å². The topological polar surface area (TPSA) is 56.8 Å². The molecule has 6 heteroatoms. The van der Waals surface area contributed by atoms with Gasteiger partial charge in [-0.15, -0.1) is 0 Å². The highest BCUT2D eigenvalue weighted by atomic mass is 35.5. The van der Waals surface area contributed by atoms with E-state index in [1.165, 1.54) is 14.2 Å². The first-order valence-corrected chi connectivity index (χ1v) is 6.91. The minimum Gasteiger partial charge on any atom is -0.493 e. The summed E-state index contributed by atoms with van der Waals surface area (Å²) < 4.78 is 15.9.